The van der Waals surface area contributed by atoms with E-state index in [0.29, 0.717) is 26.0 Å². The molecule has 3 aliphatic rings. The zero-order valence-electron chi connectivity index (χ0n) is 20.0. The second-order valence-electron chi connectivity index (χ2n) is 10.5. The first kappa shape index (κ1) is 24.5. The van der Waals surface area contributed by atoms with Crippen LogP contribution in [0.5, 0.6) is 0 Å². The number of hydrogen-bond donors (Lipinski definition) is 1. The summed E-state index contributed by atoms with van der Waals surface area (Å²) in [6.45, 7) is 4.01. The number of rotatable bonds is 10. The molecule has 1 aliphatic heterocycles. The monoisotopic (exact) mass is 434 g/mol. The van der Waals surface area contributed by atoms with Gasteiger partial charge in [-0.1, -0.05) is 77.6 Å². The van der Waals surface area contributed by atoms with E-state index < -0.39 is 0 Å². The largest absolute Gasteiger partial charge is 0.466 e. The number of nitrogens with one attached hydrogen (secondary N) is 1. The summed E-state index contributed by atoms with van der Waals surface area (Å²) in [5.41, 5.74) is 0.0316. The molecule has 2 spiro atoms. The van der Waals surface area contributed by atoms with E-state index in [-0.39, 0.29) is 23.0 Å². The third-order valence-corrected chi connectivity index (χ3v) is 7.83. The molecule has 0 aromatic carbocycles. The predicted octanol–water partition coefficient (Wildman–Crippen LogP) is 5.51. The van der Waals surface area contributed by atoms with Gasteiger partial charge in [-0.15, -0.1) is 0 Å². The maximum Gasteiger partial charge on any atom is 0.307 e. The highest BCUT2D eigenvalue weighted by atomic mass is 16.5. The molecule has 5 nitrogen and oxygen atoms in total. The number of esters is 1. The van der Waals surface area contributed by atoms with Gasteiger partial charge in [0.15, 0.2) is 0 Å². The minimum absolute atomic E-state index is 0.0142. The quantitative estimate of drug-likeness (QED) is 0.364. The standard InChI is InChI=1S/C26H46N2O3/c1-2-3-4-5-6-13-20-31-24(30)14-19-28-22-26(17-11-8-12-18-26)27-25(21-23(28)29)15-9-7-10-16-25/h27H,2-22H2,1H3. The number of unbranched alkanes of at least 4 members (excludes halogenated alkanes) is 5. The van der Waals surface area contributed by atoms with Crippen LogP contribution in [-0.4, -0.2) is 47.6 Å². The van der Waals surface area contributed by atoms with E-state index >= 15 is 0 Å². The lowest BCUT2D eigenvalue weighted by atomic mass is 9.74. The lowest BCUT2D eigenvalue weighted by Gasteiger charge is -2.47. The van der Waals surface area contributed by atoms with Crippen molar-refractivity contribution in [2.24, 2.45) is 0 Å². The highest BCUT2D eigenvalue weighted by Crippen LogP contribution is 2.40. The van der Waals surface area contributed by atoms with Crippen LogP contribution in [0, 0.1) is 0 Å². The first-order valence-corrected chi connectivity index (χ1v) is 13.3. The fourth-order valence-electron chi connectivity index (χ4n) is 6.11. The molecule has 0 aromatic rings. The second-order valence-corrected chi connectivity index (χ2v) is 10.5. The van der Waals surface area contributed by atoms with Crippen LogP contribution in [0.1, 0.15) is 122 Å². The Labute approximate surface area is 190 Å². The molecule has 178 valence electrons. The third kappa shape index (κ3) is 7.47. The van der Waals surface area contributed by atoms with Gasteiger partial charge >= 0.3 is 5.97 Å². The number of amides is 1. The van der Waals surface area contributed by atoms with Crippen molar-refractivity contribution >= 4 is 11.9 Å². The van der Waals surface area contributed by atoms with Gasteiger partial charge in [0.2, 0.25) is 5.91 Å². The molecule has 5 heteroatoms. The van der Waals surface area contributed by atoms with E-state index in [2.05, 4.69) is 12.2 Å². The third-order valence-electron chi connectivity index (χ3n) is 7.83. The molecule has 1 heterocycles. The molecule has 1 saturated heterocycles. The van der Waals surface area contributed by atoms with E-state index in [1.807, 2.05) is 4.90 Å². The molecular weight excluding hydrogens is 388 g/mol. The topological polar surface area (TPSA) is 58.6 Å². The van der Waals surface area contributed by atoms with Gasteiger partial charge in [-0.3, -0.25) is 9.59 Å². The average Bonchev–Trinajstić information content (AvgIpc) is 2.86. The van der Waals surface area contributed by atoms with Crippen LogP contribution in [-0.2, 0) is 14.3 Å². The highest BCUT2D eigenvalue weighted by Gasteiger charge is 2.47. The van der Waals surface area contributed by atoms with Crippen molar-refractivity contribution in [3.63, 3.8) is 0 Å². The van der Waals surface area contributed by atoms with Crippen LogP contribution >= 0.6 is 0 Å². The van der Waals surface area contributed by atoms with Gasteiger partial charge < -0.3 is 15.0 Å². The molecule has 1 amide bonds. The van der Waals surface area contributed by atoms with Crippen LogP contribution in [0.3, 0.4) is 0 Å². The van der Waals surface area contributed by atoms with E-state index in [4.69, 9.17) is 4.74 Å². The molecule has 3 rings (SSSR count). The van der Waals surface area contributed by atoms with Crippen molar-refractivity contribution in [1.29, 1.82) is 0 Å². The van der Waals surface area contributed by atoms with Crippen molar-refractivity contribution in [1.82, 2.24) is 10.2 Å². The highest BCUT2D eigenvalue weighted by molar-refractivity contribution is 5.79. The van der Waals surface area contributed by atoms with Crippen LogP contribution in [0.4, 0.5) is 0 Å². The van der Waals surface area contributed by atoms with E-state index in [9.17, 15) is 9.59 Å². The molecule has 0 radical (unpaired) electrons. The number of ether oxygens (including phenoxy) is 1. The fraction of sp³-hybridized carbons (Fsp3) is 0.923. The Kier molecular flexibility index (Phi) is 9.68. The van der Waals surface area contributed by atoms with Gasteiger partial charge in [0.05, 0.1) is 13.0 Å². The summed E-state index contributed by atoms with van der Waals surface area (Å²) < 4.78 is 5.46. The van der Waals surface area contributed by atoms with Crippen molar-refractivity contribution in [2.45, 2.75) is 134 Å². The number of carbonyl (C=O) groups is 2. The van der Waals surface area contributed by atoms with Gasteiger partial charge in [-0.2, -0.15) is 0 Å². The maximum atomic E-state index is 13.2. The Balaban J connectivity index is 1.49. The van der Waals surface area contributed by atoms with Crippen LogP contribution in [0.2, 0.25) is 0 Å². The summed E-state index contributed by atoms with van der Waals surface area (Å²) >= 11 is 0. The molecule has 3 fully saturated rings. The van der Waals surface area contributed by atoms with E-state index in [0.717, 1.165) is 45.1 Å². The first-order chi connectivity index (χ1) is 15.1. The molecule has 2 aliphatic carbocycles. The zero-order chi connectivity index (χ0) is 22.0. The smallest absolute Gasteiger partial charge is 0.307 e. The number of carbonyl (C=O) groups excluding carboxylic acids is 2. The molecule has 0 bridgehead atoms. The van der Waals surface area contributed by atoms with Gasteiger partial charge in [-0.25, -0.2) is 0 Å². The minimum Gasteiger partial charge on any atom is -0.466 e. The molecule has 0 aromatic heterocycles. The summed E-state index contributed by atoms with van der Waals surface area (Å²) in [6.07, 6.45) is 20.1. The Morgan fingerprint density at radius 2 is 1.52 bits per heavy atom. The van der Waals surface area contributed by atoms with Gasteiger partial charge in [0, 0.05) is 30.6 Å². The Morgan fingerprint density at radius 3 is 2.19 bits per heavy atom. The number of nitrogens with zero attached hydrogens (tertiary/aromatic N) is 1. The zero-order valence-corrected chi connectivity index (χ0v) is 20.0. The summed E-state index contributed by atoms with van der Waals surface area (Å²) in [7, 11) is 0. The Morgan fingerprint density at radius 1 is 0.903 bits per heavy atom. The van der Waals surface area contributed by atoms with E-state index in [1.165, 1.54) is 64.2 Å². The average molecular weight is 435 g/mol. The van der Waals surface area contributed by atoms with Crippen LogP contribution in [0.15, 0.2) is 0 Å². The van der Waals surface area contributed by atoms with Crippen LogP contribution < -0.4 is 5.32 Å². The van der Waals surface area contributed by atoms with Gasteiger partial charge in [0.25, 0.3) is 0 Å². The lowest BCUT2D eigenvalue weighted by Crippen LogP contribution is -2.61. The fourth-order valence-corrected chi connectivity index (χ4v) is 6.11. The molecule has 1 N–H and O–H groups in total. The Hall–Kier alpha value is -1.10. The molecular formula is C26H46N2O3. The molecule has 0 unspecified atom stereocenters. The maximum absolute atomic E-state index is 13.2. The molecule has 0 atom stereocenters. The van der Waals surface area contributed by atoms with Crippen molar-refractivity contribution in [3.05, 3.63) is 0 Å². The SMILES string of the molecule is CCCCCCCCOC(=O)CCN1CC2(CCCCC2)NC2(CCCCC2)CC1=O. The minimum atomic E-state index is -0.149. The second kappa shape index (κ2) is 12.2. The van der Waals surface area contributed by atoms with Crippen molar-refractivity contribution < 1.29 is 14.3 Å². The van der Waals surface area contributed by atoms with Gasteiger partial charge in [-0.05, 0) is 32.1 Å². The summed E-state index contributed by atoms with van der Waals surface area (Å²) in [4.78, 5) is 27.5. The molecule has 31 heavy (non-hydrogen) atoms. The van der Waals surface area contributed by atoms with Gasteiger partial charge in [0.1, 0.15) is 0 Å². The lowest BCUT2D eigenvalue weighted by molar-refractivity contribution is -0.144. The summed E-state index contributed by atoms with van der Waals surface area (Å²) in [6, 6.07) is 0. The van der Waals surface area contributed by atoms with Crippen LogP contribution in [0.25, 0.3) is 0 Å². The predicted molar refractivity (Wildman–Crippen MR) is 125 cm³/mol. The van der Waals surface area contributed by atoms with Crippen molar-refractivity contribution in [3.8, 4) is 0 Å². The first-order valence-electron chi connectivity index (χ1n) is 13.3. The van der Waals surface area contributed by atoms with E-state index in [1.54, 1.807) is 0 Å². The summed E-state index contributed by atoms with van der Waals surface area (Å²) in [5, 5.41) is 4.08. The van der Waals surface area contributed by atoms with Crippen molar-refractivity contribution in [2.75, 3.05) is 19.7 Å². The molecule has 2 saturated carbocycles. The summed E-state index contributed by atoms with van der Waals surface area (Å²) in [5.74, 6) is 0.0872. The Bertz CT molecular complexity index is 565. The number of hydrogen-bond acceptors (Lipinski definition) is 4. The normalized spacial score (nSPS) is 23.1.